The third-order valence-corrected chi connectivity index (χ3v) is 3.22. The van der Waals surface area contributed by atoms with Crippen LogP contribution in [0.4, 0.5) is 0 Å². The maximum Gasteiger partial charge on any atom is 0.258 e. The van der Waals surface area contributed by atoms with Gasteiger partial charge in [-0.05, 0) is 38.0 Å². The van der Waals surface area contributed by atoms with Gasteiger partial charge in [-0.1, -0.05) is 17.3 Å². The molecule has 0 fully saturated rings. The molecule has 0 saturated heterocycles. The van der Waals surface area contributed by atoms with Gasteiger partial charge in [-0.2, -0.15) is 4.98 Å². The molecule has 0 aliphatic carbocycles. The molecule has 102 valence electrons. The molecule has 1 atom stereocenters. The van der Waals surface area contributed by atoms with Crippen LogP contribution in [0.3, 0.4) is 0 Å². The van der Waals surface area contributed by atoms with E-state index in [1.54, 1.807) is 7.11 Å². The summed E-state index contributed by atoms with van der Waals surface area (Å²) in [6, 6.07) is 5.98. The number of hydrogen-bond acceptors (Lipinski definition) is 5. The first-order valence-electron chi connectivity index (χ1n) is 6.14. The second kappa shape index (κ2) is 5.11. The van der Waals surface area contributed by atoms with E-state index in [-0.39, 0.29) is 0 Å². The molecule has 1 aromatic carbocycles. The third kappa shape index (κ3) is 2.67. The molecule has 1 aromatic heterocycles. The van der Waals surface area contributed by atoms with Gasteiger partial charge >= 0.3 is 0 Å². The van der Waals surface area contributed by atoms with E-state index < -0.39 is 5.54 Å². The van der Waals surface area contributed by atoms with Crippen LogP contribution in [0.1, 0.15) is 23.9 Å². The standard InChI is InChI=1S/C14H19N3O2/c1-9-6-5-7-11(10(9)2)12-16-13(17-19-12)14(3,15)8-18-4/h5-7H,8,15H2,1-4H3. The molecule has 5 heteroatoms. The maximum atomic E-state index is 6.10. The molecular weight excluding hydrogens is 242 g/mol. The van der Waals surface area contributed by atoms with E-state index in [1.165, 1.54) is 5.56 Å². The lowest BCUT2D eigenvalue weighted by Gasteiger charge is -2.18. The van der Waals surface area contributed by atoms with E-state index in [9.17, 15) is 0 Å². The Hall–Kier alpha value is -1.72. The molecule has 1 unspecified atom stereocenters. The van der Waals surface area contributed by atoms with E-state index in [0.717, 1.165) is 11.1 Å². The highest BCUT2D eigenvalue weighted by Gasteiger charge is 2.28. The highest BCUT2D eigenvalue weighted by Crippen LogP contribution is 2.25. The number of nitrogens with zero attached hydrogens (tertiary/aromatic N) is 2. The Bertz CT molecular complexity index is 576. The number of aryl methyl sites for hydroxylation is 1. The zero-order valence-corrected chi connectivity index (χ0v) is 11.7. The van der Waals surface area contributed by atoms with Crippen molar-refractivity contribution in [1.82, 2.24) is 10.1 Å². The number of nitrogens with two attached hydrogens (primary N) is 1. The minimum atomic E-state index is -0.756. The molecule has 19 heavy (non-hydrogen) atoms. The summed E-state index contributed by atoms with van der Waals surface area (Å²) in [7, 11) is 1.59. The second-order valence-electron chi connectivity index (χ2n) is 5.02. The van der Waals surface area contributed by atoms with E-state index >= 15 is 0 Å². The average molecular weight is 261 g/mol. The van der Waals surface area contributed by atoms with Gasteiger partial charge < -0.3 is 15.0 Å². The van der Waals surface area contributed by atoms with Crippen molar-refractivity contribution in [3.63, 3.8) is 0 Å². The van der Waals surface area contributed by atoms with E-state index in [2.05, 4.69) is 10.1 Å². The van der Waals surface area contributed by atoms with E-state index in [1.807, 2.05) is 39.0 Å². The molecule has 0 saturated carbocycles. The monoisotopic (exact) mass is 261 g/mol. The Morgan fingerprint density at radius 1 is 1.37 bits per heavy atom. The van der Waals surface area contributed by atoms with Gasteiger partial charge in [-0.15, -0.1) is 0 Å². The lowest BCUT2D eigenvalue weighted by atomic mass is 10.0. The van der Waals surface area contributed by atoms with Gasteiger partial charge in [-0.25, -0.2) is 0 Å². The lowest BCUT2D eigenvalue weighted by molar-refractivity contribution is 0.135. The van der Waals surface area contributed by atoms with Crippen LogP contribution in [-0.2, 0) is 10.3 Å². The summed E-state index contributed by atoms with van der Waals surface area (Å²) in [6.07, 6.45) is 0. The molecule has 0 amide bonds. The molecule has 5 nitrogen and oxygen atoms in total. The minimum Gasteiger partial charge on any atom is -0.382 e. The van der Waals surface area contributed by atoms with Crippen LogP contribution >= 0.6 is 0 Å². The van der Waals surface area contributed by atoms with Crippen LogP contribution in [-0.4, -0.2) is 23.9 Å². The van der Waals surface area contributed by atoms with Crippen molar-refractivity contribution in [3.05, 3.63) is 35.2 Å². The summed E-state index contributed by atoms with van der Waals surface area (Å²) in [5, 5.41) is 3.96. The predicted molar refractivity (Wildman–Crippen MR) is 72.6 cm³/mol. The fourth-order valence-corrected chi connectivity index (χ4v) is 1.91. The van der Waals surface area contributed by atoms with Crippen LogP contribution in [0.25, 0.3) is 11.5 Å². The number of ether oxygens (including phenoxy) is 1. The molecule has 0 spiro atoms. The highest BCUT2D eigenvalue weighted by molar-refractivity contribution is 5.60. The normalized spacial score (nSPS) is 14.4. The molecule has 2 rings (SSSR count). The Labute approximate surface area is 112 Å². The lowest BCUT2D eigenvalue weighted by Crippen LogP contribution is -2.38. The second-order valence-corrected chi connectivity index (χ2v) is 5.02. The molecule has 0 aliphatic rings. The average Bonchev–Trinajstić information content (AvgIpc) is 2.82. The van der Waals surface area contributed by atoms with Gasteiger partial charge in [0.15, 0.2) is 5.82 Å². The molecule has 2 N–H and O–H groups in total. The summed E-state index contributed by atoms with van der Waals surface area (Å²) in [5.41, 5.74) is 8.59. The van der Waals surface area contributed by atoms with Gasteiger partial charge in [0.1, 0.15) is 5.54 Å². The zero-order valence-electron chi connectivity index (χ0n) is 11.7. The van der Waals surface area contributed by atoms with Crippen molar-refractivity contribution in [1.29, 1.82) is 0 Å². The first-order chi connectivity index (χ1) is 8.95. The van der Waals surface area contributed by atoms with Crippen molar-refractivity contribution in [2.75, 3.05) is 13.7 Å². The number of rotatable bonds is 4. The first kappa shape index (κ1) is 13.7. The summed E-state index contributed by atoms with van der Waals surface area (Å²) < 4.78 is 10.4. The fourth-order valence-electron chi connectivity index (χ4n) is 1.91. The van der Waals surface area contributed by atoms with Gasteiger partial charge in [-0.3, -0.25) is 0 Å². The molecule has 1 heterocycles. The largest absolute Gasteiger partial charge is 0.382 e. The van der Waals surface area contributed by atoms with Gasteiger partial charge in [0.05, 0.1) is 6.61 Å². The summed E-state index contributed by atoms with van der Waals surface area (Å²) in [5.74, 6) is 0.939. The Morgan fingerprint density at radius 3 is 2.79 bits per heavy atom. The summed E-state index contributed by atoms with van der Waals surface area (Å²) in [6.45, 7) is 6.23. The fraction of sp³-hybridized carbons (Fsp3) is 0.429. The topological polar surface area (TPSA) is 74.2 Å². The van der Waals surface area contributed by atoms with Crippen LogP contribution < -0.4 is 5.73 Å². The molecule has 2 aromatic rings. The summed E-state index contributed by atoms with van der Waals surface area (Å²) in [4.78, 5) is 4.39. The summed E-state index contributed by atoms with van der Waals surface area (Å²) >= 11 is 0. The highest BCUT2D eigenvalue weighted by atomic mass is 16.5. The minimum absolute atomic E-state index is 0.332. The molecular formula is C14H19N3O2. The Balaban J connectivity index is 2.39. The maximum absolute atomic E-state index is 6.10. The van der Waals surface area contributed by atoms with Crippen molar-refractivity contribution in [3.8, 4) is 11.5 Å². The van der Waals surface area contributed by atoms with Crippen molar-refractivity contribution in [2.45, 2.75) is 26.3 Å². The molecule has 0 radical (unpaired) electrons. The number of benzene rings is 1. The number of methoxy groups -OCH3 is 1. The van der Waals surface area contributed by atoms with Gasteiger partial charge in [0, 0.05) is 12.7 Å². The molecule has 0 aliphatic heterocycles. The van der Waals surface area contributed by atoms with Crippen LogP contribution in [0.2, 0.25) is 0 Å². The number of hydrogen-bond donors (Lipinski definition) is 1. The van der Waals surface area contributed by atoms with E-state index in [4.69, 9.17) is 15.0 Å². The zero-order chi connectivity index (χ0) is 14.0. The van der Waals surface area contributed by atoms with Crippen molar-refractivity contribution >= 4 is 0 Å². The third-order valence-electron chi connectivity index (χ3n) is 3.22. The van der Waals surface area contributed by atoms with Gasteiger partial charge in [0.2, 0.25) is 0 Å². The van der Waals surface area contributed by atoms with Gasteiger partial charge in [0.25, 0.3) is 5.89 Å². The Kier molecular flexibility index (Phi) is 3.68. The molecule has 0 bridgehead atoms. The number of aromatic nitrogens is 2. The van der Waals surface area contributed by atoms with Crippen LogP contribution in [0.15, 0.2) is 22.7 Å². The quantitative estimate of drug-likeness (QED) is 0.913. The predicted octanol–water partition coefficient (Wildman–Crippen LogP) is 2.17. The SMILES string of the molecule is COCC(C)(N)c1noc(-c2cccc(C)c2C)n1. The van der Waals surface area contributed by atoms with E-state index in [0.29, 0.717) is 18.3 Å². The first-order valence-corrected chi connectivity index (χ1v) is 6.14. The van der Waals surface area contributed by atoms with Crippen LogP contribution in [0, 0.1) is 13.8 Å². The smallest absolute Gasteiger partial charge is 0.258 e. The van der Waals surface area contributed by atoms with Crippen LogP contribution in [0.5, 0.6) is 0 Å². The van der Waals surface area contributed by atoms with Crippen molar-refractivity contribution in [2.24, 2.45) is 5.73 Å². The van der Waals surface area contributed by atoms with Crippen molar-refractivity contribution < 1.29 is 9.26 Å². The Morgan fingerprint density at radius 2 is 2.11 bits per heavy atom.